The number of methoxy groups -OCH3 is 2. The standard InChI is InChI=1S/C15H22N2O3.ClH/c1-19-13-5-3-12(4-6-13)11-17-14(18)15(20-2)7-9-16-10-8-15;/h3-6,16H,7-11H2,1-2H3,(H,17,18);1H. The van der Waals surface area contributed by atoms with Gasteiger partial charge in [-0.05, 0) is 43.6 Å². The van der Waals surface area contributed by atoms with Crippen molar-refractivity contribution in [2.75, 3.05) is 27.3 Å². The first-order valence-electron chi connectivity index (χ1n) is 6.87. The zero-order chi connectivity index (χ0) is 14.4. The zero-order valence-electron chi connectivity index (χ0n) is 12.5. The van der Waals surface area contributed by atoms with Crippen LogP contribution >= 0.6 is 12.4 Å². The molecular formula is C15H23ClN2O3. The lowest BCUT2D eigenvalue weighted by Crippen LogP contribution is -2.53. The normalized spacial score (nSPS) is 16.7. The summed E-state index contributed by atoms with van der Waals surface area (Å²) in [7, 11) is 3.24. The Labute approximate surface area is 131 Å². The molecule has 1 heterocycles. The lowest BCUT2D eigenvalue weighted by atomic mass is 9.91. The Kier molecular flexibility index (Phi) is 6.95. The molecule has 0 radical (unpaired) electrons. The molecule has 21 heavy (non-hydrogen) atoms. The van der Waals surface area contributed by atoms with Gasteiger partial charge in [-0.2, -0.15) is 0 Å². The van der Waals surface area contributed by atoms with Gasteiger partial charge < -0.3 is 20.1 Å². The Morgan fingerprint density at radius 3 is 2.38 bits per heavy atom. The van der Waals surface area contributed by atoms with Crippen LogP contribution in [-0.4, -0.2) is 38.8 Å². The van der Waals surface area contributed by atoms with Gasteiger partial charge in [-0.1, -0.05) is 12.1 Å². The third-order valence-electron chi connectivity index (χ3n) is 3.83. The number of rotatable bonds is 5. The molecule has 0 bridgehead atoms. The second-order valence-electron chi connectivity index (χ2n) is 4.98. The molecule has 5 nitrogen and oxygen atoms in total. The number of ether oxygens (including phenoxy) is 2. The van der Waals surface area contributed by atoms with Gasteiger partial charge in [-0.15, -0.1) is 12.4 Å². The van der Waals surface area contributed by atoms with Gasteiger partial charge >= 0.3 is 0 Å². The predicted molar refractivity (Wildman–Crippen MR) is 83.9 cm³/mol. The molecule has 1 aliphatic rings. The predicted octanol–water partition coefficient (Wildman–Crippen LogP) is 1.50. The summed E-state index contributed by atoms with van der Waals surface area (Å²) in [5.41, 5.74) is 0.358. The van der Waals surface area contributed by atoms with Crippen molar-refractivity contribution in [2.24, 2.45) is 0 Å². The van der Waals surface area contributed by atoms with E-state index in [2.05, 4.69) is 10.6 Å². The minimum atomic E-state index is -0.683. The average Bonchev–Trinajstić information content (AvgIpc) is 2.53. The highest BCUT2D eigenvalue weighted by Gasteiger charge is 2.39. The highest BCUT2D eigenvalue weighted by atomic mass is 35.5. The monoisotopic (exact) mass is 314 g/mol. The first-order valence-corrected chi connectivity index (χ1v) is 6.87. The molecule has 0 atom stereocenters. The molecule has 1 aromatic carbocycles. The van der Waals surface area contributed by atoms with Crippen LogP contribution in [0.5, 0.6) is 5.75 Å². The van der Waals surface area contributed by atoms with Gasteiger partial charge in [0, 0.05) is 13.7 Å². The topological polar surface area (TPSA) is 59.6 Å². The van der Waals surface area contributed by atoms with Crippen molar-refractivity contribution in [3.8, 4) is 5.75 Å². The fourth-order valence-corrected chi connectivity index (χ4v) is 2.44. The van der Waals surface area contributed by atoms with Crippen LogP contribution in [0.2, 0.25) is 0 Å². The molecule has 1 aliphatic heterocycles. The second-order valence-corrected chi connectivity index (χ2v) is 4.98. The number of piperidine rings is 1. The second kappa shape index (κ2) is 8.22. The van der Waals surface area contributed by atoms with E-state index in [1.54, 1.807) is 14.2 Å². The molecule has 0 aromatic heterocycles. The Bertz CT molecular complexity index is 445. The maximum atomic E-state index is 12.4. The number of benzene rings is 1. The number of halogens is 1. The molecule has 1 aromatic rings. The minimum absolute atomic E-state index is 0. The van der Waals surface area contributed by atoms with Gasteiger partial charge in [0.2, 0.25) is 0 Å². The van der Waals surface area contributed by atoms with E-state index in [4.69, 9.17) is 9.47 Å². The fraction of sp³-hybridized carbons (Fsp3) is 0.533. The first kappa shape index (κ1) is 17.8. The van der Waals surface area contributed by atoms with E-state index < -0.39 is 5.60 Å². The molecule has 1 fully saturated rings. The SMILES string of the molecule is COc1ccc(CNC(=O)C2(OC)CCNCC2)cc1.Cl. The van der Waals surface area contributed by atoms with E-state index >= 15 is 0 Å². The van der Waals surface area contributed by atoms with Crippen molar-refractivity contribution >= 4 is 18.3 Å². The smallest absolute Gasteiger partial charge is 0.252 e. The number of nitrogens with one attached hydrogen (secondary N) is 2. The van der Waals surface area contributed by atoms with Gasteiger partial charge in [0.05, 0.1) is 7.11 Å². The summed E-state index contributed by atoms with van der Waals surface area (Å²) in [5, 5.41) is 6.21. The van der Waals surface area contributed by atoms with E-state index in [0.29, 0.717) is 19.4 Å². The summed E-state index contributed by atoms with van der Waals surface area (Å²) in [4.78, 5) is 12.4. The highest BCUT2D eigenvalue weighted by Crippen LogP contribution is 2.22. The minimum Gasteiger partial charge on any atom is -0.497 e. The molecule has 6 heteroatoms. The highest BCUT2D eigenvalue weighted by molar-refractivity contribution is 5.85. The summed E-state index contributed by atoms with van der Waals surface area (Å²) >= 11 is 0. The Morgan fingerprint density at radius 2 is 1.86 bits per heavy atom. The van der Waals surface area contributed by atoms with Crippen LogP contribution in [0.3, 0.4) is 0 Å². The van der Waals surface area contributed by atoms with Crippen LogP contribution < -0.4 is 15.4 Å². The molecule has 1 saturated heterocycles. The van der Waals surface area contributed by atoms with Gasteiger partial charge in [-0.3, -0.25) is 4.79 Å². The van der Waals surface area contributed by atoms with E-state index in [-0.39, 0.29) is 18.3 Å². The third-order valence-corrected chi connectivity index (χ3v) is 3.83. The van der Waals surface area contributed by atoms with Crippen LogP contribution in [0.15, 0.2) is 24.3 Å². The molecule has 0 spiro atoms. The molecule has 0 saturated carbocycles. The van der Waals surface area contributed by atoms with Crippen LogP contribution in [0, 0.1) is 0 Å². The number of carbonyl (C=O) groups excluding carboxylic acids is 1. The Morgan fingerprint density at radius 1 is 1.24 bits per heavy atom. The number of carbonyl (C=O) groups is 1. The summed E-state index contributed by atoms with van der Waals surface area (Å²) in [6, 6.07) is 7.66. The lowest BCUT2D eigenvalue weighted by Gasteiger charge is -2.34. The zero-order valence-corrected chi connectivity index (χ0v) is 13.3. The van der Waals surface area contributed by atoms with Gasteiger partial charge in [0.25, 0.3) is 5.91 Å². The Balaban J connectivity index is 0.00000220. The van der Waals surface area contributed by atoms with Crippen molar-refractivity contribution in [3.05, 3.63) is 29.8 Å². The fourth-order valence-electron chi connectivity index (χ4n) is 2.44. The molecule has 0 aliphatic carbocycles. The molecule has 2 N–H and O–H groups in total. The van der Waals surface area contributed by atoms with E-state index in [9.17, 15) is 4.79 Å². The van der Waals surface area contributed by atoms with E-state index in [1.165, 1.54) is 0 Å². The molecule has 2 rings (SSSR count). The number of amides is 1. The van der Waals surface area contributed by atoms with Gasteiger partial charge in [-0.25, -0.2) is 0 Å². The quantitative estimate of drug-likeness (QED) is 0.865. The van der Waals surface area contributed by atoms with Crippen molar-refractivity contribution < 1.29 is 14.3 Å². The third kappa shape index (κ3) is 4.33. The maximum absolute atomic E-state index is 12.4. The first-order chi connectivity index (χ1) is 9.70. The number of hydrogen-bond donors (Lipinski definition) is 2. The van der Waals surface area contributed by atoms with Crippen molar-refractivity contribution in [1.82, 2.24) is 10.6 Å². The van der Waals surface area contributed by atoms with Crippen molar-refractivity contribution in [1.29, 1.82) is 0 Å². The van der Waals surface area contributed by atoms with Crippen LogP contribution in [0.4, 0.5) is 0 Å². The van der Waals surface area contributed by atoms with E-state index in [1.807, 2.05) is 24.3 Å². The van der Waals surface area contributed by atoms with Crippen molar-refractivity contribution in [2.45, 2.75) is 25.0 Å². The van der Waals surface area contributed by atoms with Crippen LogP contribution in [0.1, 0.15) is 18.4 Å². The average molecular weight is 315 g/mol. The molecular weight excluding hydrogens is 292 g/mol. The molecule has 1 amide bonds. The van der Waals surface area contributed by atoms with Crippen LogP contribution in [0.25, 0.3) is 0 Å². The van der Waals surface area contributed by atoms with Crippen molar-refractivity contribution in [3.63, 3.8) is 0 Å². The molecule has 118 valence electrons. The van der Waals surface area contributed by atoms with Crippen LogP contribution in [-0.2, 0) is 16.1 Å². The lowest BCUT2D eigenvalue weighted by molar-refractivity contribution is -0.146. The summed E-state index contributed by atoms with van der Waals surface area (Å²) in [5.74, 6) is 0.782. The van der Waals surface area contributed by atoms with Gasteiger partial charge in [0.15, 0.2) is 0 Å². The number of hydrogen-bond acceptors (Lipinski definition) is 4. The van der Waals surface area contributed by atoms with E-state index in [0.717, 1.165) is 24.4 Å². The Hall–Kier alpha value is -1.30. The summed E-state index contributed by atoms with van der Waals surface area (Å²) in [6.07, 6.45) is 1.41. The summed E-state index contributed by atoms with van der Waals surface area (Å²) < 4.78 is 10.6. The maximum Gasteiger partial charge on any atom is 0.252 e. The molecule has 0 unspecified atom stereocenters. The largest absolute Gasteiger partial charge is 0.497 e. The van der Waals surface area contributed by atoms with Gasteiger partial charge in [0.1, 0.15) is 11.4 Å². The summed E-state index contributed by atoms with van der Waals surface area (Å²) in [6.45, 7) is 2.12.